The Bertz CT molecular complexity index is 575. The maximum atomic E-state index is 6.35. The highest BCUT2D eigenvalue weighted by Gasteiger charge is 2.15. The molecule has 0 aliphatic heterocycles. The van der Waals surface area contributed by atoms with E-state index in [0.717, 1.165) is 16.1 Å². The Kier molecular flexibility index (Phi) is 3.74. The van der Waals surface area contributed by atoms with E-state index in [-0.39, 0.29) is 6.04 Å². The summed E-state index contributed by atoms with van der Waals surface area (Å²) in [7, 11) is 0. The van der Waals surface area contributed by atoms with Crippen LogP contribution in [0.5, 0.6) is 0 Å². The van der Waals surface area contributed by atoms with Gasteiger partial charge in [0.15, 0.2) is 0 Å². The lowest BCUT2D eigenvalue weighted by atomic mass is 9.93. The monoisotopic (exact) mass is 259 g/mol. The predicted octanol–water partition coefficient (Wildman–Crippen LogP) is 4.31. The minimum atomic E-state index is -0.169. The summed E-state index contributed by atoms with van der Waals surface area (Å²) in [6, 6.07) is 12.1. The average Bonchev–Trinajstić information content (AvgIpc) is 2.33. The van der Waals surface area contributed by atoms with E-state index in [2.05, 4.69) is 39.0 Å². The number of nitrogens with two attached hydrogens (primary N) is 1. The fourth-order valence-corrected chi connectivity index (χ4v) is 2.48. The third-order valence-electron chi connectivity index (χ3n) is 3.47. The van der Waals surface area contributed by atoms with Crippen LogP contribution in [-0.4, -0.2) is 0 Å². The summed E-state index contributed by atoms with van der Waals surface area (Å²) in [5.74, 6) is 0. The molecule has 0 heterocycles. The number of halogens is 1. The Hall–Kier alpha value is -1.31. The minimum absolute atomic E-state index is 0.169. The van der Waals surface area contributed by atoms with Crippen LogP contribution in [0.15, 0.2) is 36.4 Å². The van der Waals surface area contributed by atoms with Crippen molar-refractivity contribution in [1.29, 1.82) is 0 Å². The van der Waals surface area contributed by atoms with Crippen LogP contribution in [0.2, 0.25) is 5.02 Å². The van der Waals surface area contributed by atoms with Crippen molar-refractivity contribution in [3.63, 3.8) is 0 Å². The number of aryl methyl sites for hydroxylation is 3. The van der Waals surface area contributed by atoms with Crippen molar-refractivity contribution in [2.75, 3.05) is 0 Å². The average molecular weight is 260 g/mol. The zero-order chi connectivity index (χ0) is 13.3. The summed E-state index contributed by atoms with van der Waals surface area (Å²) in [5.41, 5.74) is 12.1. The number of benzene rings is 2. The molecule has 0 radical (unpaired) electrons. The van der Waals surface area contributed by atoms with Gasteiger partial charge in [-0.25, -0.2) is 0 Å². The molecule has 0 spiro atoms. The molecule has 0 amide bonds. The van der Waals surface area contributed by atoms with Crippen LogP contribution in [0.1, 0.15) is 33.9 Å². The van der Waals surface area contributed by atoms with Gasteiger partial charge in [0, 0.05) is 5.02 Å². The fourth-order valence-electron chi connectivity index (χ4n) is 2.14. The molecule has 0 aliphatic rings. The largest absolute Gasteiger partial charge is 0.320 e. The molecule has 0 bridgehead atoms. The van der Waals surface area contributed by atoms with Crippen molar-refractivity contribution < 1.29 is 0 Å². The maximum absolute atomic E-state index is 6.35. The van der Waals surface area contributed by atoms with Gasteiger partial charge < -0.3 is 5.73 Å². The summed E-state index contributed by atoms with van der Waals surface area (Å²) in [6.45, 7) is 6.22. The third kappa shape index (κ3) is 2.43. The molecule has 0 aromatic heterocycles. The van der Waals surface area contributed by atoms with Crippen LogP contribution < -0.4 is 5.73 Å². The smallest absolute Gasteiger partial charge is 0.0569 e. The molecule has 2 aromatic carbocycles. The highest BCUT2D eigenvalue weighted by atomic mass is 35.5. The van der Waals surface area contributed by atoms with E-state index in [0.29, 0.717) is 0 Å². The fraction of sp³-hybridized carbons (Fsp3) is 0.250. The Labute approximate surface area is 114 Å². The molecule has 94 valence electrons. The van der Waals surface area contributed by atoms with Crippen molar-refractivity contribution in [1.82, 2.24) is 0 Å². The van der Waals surface area contributed by atoms with E-state index >= 15 is 0 Å². The molecule has 2 heteroatoms. The van der Waals surface area contributed by atoms with Gasteiger partial charge >= 0.3 is 0 Å². The first kappa shape index (κ1) is 13.1. The normalized spacial score (nSPS) is 12.5. The zero-order valence-electron chi connectivity index (χ0n) is 11.0. The molecule has 0 aliphatic carbocycles. The van der Waals surface area contributed by atoms with Crippen LogP contribution in [0, 0.1) is 20.8 Å². The molecule has 2 aromatic rings. The van der Waals surface area contributed by atoms with Gasteiger partial charge in [0.25, 0.3) is 0 Å². The summed E-state index contributed by atoms with van der Waals surface area (Å²) in [6.07, 6.45) is 0. The van der Waals surface area contributed by atoms with Gasteiger partial charge in [0.1, 0.15) is 0 Å². The summed E-state index contributed by atoms with van der Waals surface area (Å²) in [4.78, 5) is 0. The standard InChI is InChI=1S/C16H18ClN/c1-10-6-4-5-7-13(10)16(18)14-8-11(2)12(3)9-15(14)17/h4-9,16H,18H2,1-3H3. The molecule has 0 fully saturated rings. The maximum Gasteiger partial charge on any atom is 0.0569 e. The number of rotatable bonds is 2. The van der Waals surface area contributed by atoms with Gasteiger partial charge in [0.2, 0.25) is 0 Å². The first-order valence-electron chi connectivity index (χ1n) is 6.08. The van der Waals surface area contributed by atoms with E-state index in [1.165, 1.54) is 16.7 Å². The van der Waals surface area contributed by atoms with E-state index < -0.39 is 0 Å². The SMILES string of the molecule is Cc1cc(Cl)c(C(N)c2ccccc2C)cc1C. The van der Waals surface area contributed by atoms with Gasteiger partial charge in [-0.15, -0.1) is 0 Å². The van der Waals surface area contributed by atoms with Gasteiger partial charge in [-0.1, -0.05) is 41.9 Å². The molecule has 0 saturated heterocycles. The Morgan fingerprint density at radius 1 is 0.889 bits per heavy atom. The second-order valence-electron chi connectivity index (χ2n) is 4.79. The van der Waals surface area contributed by atoms with Crippen molar-refractivity contribution in [2.45, 2.75) is 26.8 Å². The lowest BCUT2D eigenvalue weighted by Crippen LogP contribution is -2.14. The van der Waals surface area contributed by atoms with Crippen molar-refractivity contribution in [3.8, 4) is 0 Å². The summed E-state index contributed by atoms with van der Waals surface area (Å²) < 4.78 is 0. The number of hydrogen-bond donors (Lipinski definition) is 1. The number of hydrogen-bond acceptors (Lipinski definition) is 1. The highest BCUT2D eigenvalue weighted by Crippen LogP contribution is 2.30. The molecule has 1 nitrogen and oxygen atoms in total. The molecule has 1 unspecified atom stereocenters. The topological polar surface area (TPSA) is 26.0 Å². The Balaban J connectivity index is 2.50. The highest BCUT2D eigenvalue weighted by molar-refractivity contribution is 6.31. The molecule has 2 rings (SSSR count). The van der Waals surface area contributed by atoms with Crippen molar-refractivity contribution >= 4 is 11.6 Å². The van der Waals surface area contributed by atoms with E-state index in [9.17, 15) is 0 Å². The second kappa shape index (κ2) is 5.13. The van der Waals surface area contributed by atoms with E-state index in [1.807, 2.05) is 18.2 Å². The summed E-state index contributed by atoms with van der Waals surface area (Å²) >= 11 is 6.32. The van der Waals surface area contributed by atoms with Crippen LogP contribution in [0.4, 0.5) is 0 Å². The Morgan fingerprint density at radius 2 is 1.50 bits per heavy atom. The lowest BCUT2D eigenvalue weighted by molar-refractivity contribution is 0.859. The zero-order valence-corrected chi connectivity index (χ0v) is 11.8. The van der Waals surface area contributed by atoms with Crippen LogP contribution in [0.3, 0.4) is 0 Å². The first-order valence-corrected chi connectivity index (χ1v) is 6.46. The lowest BCUT2D eigenvalue weighted by Gasteiger charge is -2.18. The molecular formula is C16H18ClN. The van der Waals surface area contributed by atoms with Gasteiger partial charge in [-0.3, -0.25) is 0 Å². The molecule has 2 N–H and O–H groups in total. The molecule has 18 heavy (non-hydrogen) atoms. The third-order valence-corrected chi connectivity index (χ3v) is 3.80. The van der Waals surface area contributed by atoms with Crippen LogP contribution >= 0.6 is 11.6 Å². The minimum Gasteiger partial charge on any atom is -0.320 e. The van der Waals surface area contributed by atoms with E-state index in [4.69, 9.17) is 17.3 Å². The molecule has 1 atom stereocenters. The van der Waals surface area contributed by atoms with E-state index in [1.54, 1.807) is 0 Å². The second-order valence-corrected chi connectivity index (χ2v) is 5.20. The Morgan fingerprint density at radius 3 is 2.17 bits per heavy atom. The van der Waals surface area contributed by atoms with Gasteiger partial charge in [0.05, 0.1) is 6.04 Å². The van der Waals surface area contributed by atoms with Crippen LogP contribution in [-0.2, 0) is 0 Å². The summed E-state index contributed by atoms with van der Waals surface area (Å²) in [5, 5.41) is 0.744. The van der Waals surface area contributed by atoms with Crippen molar-refractivity contribution in [3.05, 3.63) is 69.2 Å². The van der Waals surface area contributed by atoms with Crippen molar-refractivity contribution in [2.24, 2.45) is 5.73 Å². The molecule has 0 saturated carbocycles. The van der Waals surface area contributed by atoms with Gasteiger partial charge in [-0.2, -0.15) is 0 Å². The van der Waals surface area contributed by atoms with Gasteiger partial charge in [-0.05, 0) is 54.7 Å². The predicted molar refractivity (Wildman–Crippen MR) is 78.1 cm³/mol. The van der Waals surface area contributed by atoms with Crippen LogP contribution in [0.25, 0.3) is 0 Å². The quantitative estimate of drug-likeness (QED) is 0.854. The molecular weight excluding hydrogens is 242 g/mol. The first-order chi connectivity index (χ1) is 8.50.